The van der Waals surface area contributed by atoms with Crippen LogP contribution >= 0.6 is 0 Å². The number of nitrogens with one attached hydrogen (secondary N) is 1. The summed E-state index contributed by atoms with van der Waals surface area (Å²) in [7, 11) is -3.81. The van der Waals surface area contributed by atoms with Crippen LogP contribution in [-0.4, -0.2) is 14.3 Å². The third kappa shape index (κ3) is 3.06. The van der Waals surface area contributed by atoms with Crippen LogP contribution in [0, 0.1) is 13.8 Å². The van der Waals surface area contributed by atoms with E-state index in [1.54, 1.807) is 32.0 Å². The zero-order chi connectivity index (χ0) is 14.9. The van der Waals surface area contributed by atoms with Crippen molar-refractivity contribution in [3.05, 3.63) is 47.4 Å². The molecule has 1 aromatic carbocycles. The fourth-order valence-electron chi connectivity index (χ4n) is 1.65. The van der Waals surface area contributed by atoms with Crippen LogP contribution in [0.2, 0.25) is 0 Å². The highest BCUT2D eigenvalue weighted by atomic mass is 32.2. The third-order valence-corrected chi connectivity index (χ3v) is 3.66. The van der Waals surface area contributed by atoms with E-state index in [0.717, 1.165) is 0 Å². The summed E-state index contributed by atoms with van der Waals surface area (Å²) in [5.41, 5.74) is 1.09. The Morgan fingerprint density at radius 3 is 2.45 bits per heavy atom. The van der Waals surface area contributed by atoms with E-state index in [9.17, 15) is 13.2 Å². The number of furan rings is 1. The minimum absolute atomic E-state index is 0.0611. The third-order valence-electron chi connectivity index (χ3n) is 2.75. The van der Waals surface area contributed by atoms with Gasteiger partial charge in [-0.2, -0.15) is 0 Å². The molecule has 1 aromatic heterocycles. The molecular weight excluding hydrogens is 280 g/mol. The molecule has 0 saturated carbocycles. The lowest BCUT2D eigenvalue weighted by molar-refractivity contribution is 0.0995. The molecule has 20 heavy (non-hydrogen) atoms. The molecule has 3 N–H and O–H groups in total. The number of amides is 1. The van der Waals surface area contributed by atoms with Gasteiger partial charge in [0, 0.05) is 5.69 Å². The quantitative estimate of drug-likeness (QED) is 0.900. The first-order valence-electron chi connectivity index (χ1n) is 5.78. The van der Waals surface area contributed by atoms with Crippen molar-refractivity contribution < 1.29 is 17.6 Å². The van der Waals surface area contributed by atoms with E-state index in [0.29, 0.717) is 17.0 Å². The Hall–Kier alpha value is -2.12. The fraction of sp³-hybridized carbons (Fsp3) is 0.154. The molecule has 1 heterocycles. The molecule has 0 unspecified atom stereocenters. The normalized spacial score (nSPS) is 11.3. The van der Waals surface area contributed by atoms with Crippen molar-refractivity contribution in [3.63, 3.8) is 0 Å². The average Bonchev–Trinajstić information content (AvgIpc) is 2.77. The summed E-state index contributed by atoms with van der Waals surface area (Å²) >= 11 is 0. The van der Waals surface area contributed by atoms with Crippen LogP contribution in [0.1, 0.15) is 21.9 Å². The van der Waals surface area contributed by atoms with E-state index in [1.165, 1.54) is 12.1 Å². The predicted molar refractivity (Wildman–Crippen MR) is 74.0 cm³/mol. The van der Waals surface area contributed by atoms with Gasteiger partial charge in [-0.05, 0) is 43.7 Å². The number of hydrogen-bond donors (Lipinski definition) is 2. The number of sulfonamides is 1. The molecule has 0 saturated heterocycles. The monoisotopic (exact) mass is 294 g/mol. The number of aryl methyl sites for hydroxylation is 2. The summed E-state index contributed by atoms with van der Waals surface area (Å²) in [4.78, 5) is 11.9. The Morgan fingerprint density at radius 2 is 1.90 bits per heavy atom. The standard InChI is InChI=1S/C13H14N2O4S/c1-8-3-5-10(20(14,17)18)7-11(8)15-13(16)12-6-4-9(2)19-12/h3-7H,1-2H3,(H,15,16)(H2,14,17,18). The second-order valence-corrected chi connectivity index (χ2v) is 5.95. The number of nitrogens with two attached hydrogens (primary N) is 1. The van der Waals surface area contributed by atoms with E-state index in [1.807, 2.05) is 0 Å². The van der Waals surface area contributed by atoms with Crippen LogP contribution in [0.5, 0.6) is 0 Å². The van der Waals surface area contributed by atoms with Gasteiger partial charge in [-0.1, -0.05) is 6.07 Å². The number of benzene rings is 1. The molecule has 0 aliphatic rings. The molecule has 0 aliphatic heterocycles. The topological polar surface area (TPSA) is 102 Å². The summed E-state index contributed by atoms with van der Waals surface area (Å²) in [5.74, 6) is 0.320. The largest absolute Gasteiger partial charge is 0.456 e. The van der Waals surface area contributed by atoms with Crippen molar-refractivity contribution in [3.8, 4) is 0 Å². The Kier molecular flexibility index (Phi) is 3.65. The van der Waals surface area contributed by atoms with Gasteiger partial charge in [-0.15, -0.1) is 0 Å². The van der Waals surface area contributed by atoms with Gasteiger partial charge < -0.3 is 9.73 Å². The number of primary sulfonamides is 1. The van der Waals surface area contributed by atoms with Crippen molar-refractivity contribution in [1.82, 2.24) is 0 Å². The van der Waals surface area contributed by atoms with Gasteiger partial charge in [0.25, 0.3) is 5.91 Å². The SMILES string of the molecule is Cc1ccc(C(=O)Nc2cc(S(N)(=O)=O)ccc2C)o1. The van der Waals surface area contributed by atoms with Crippen LogP contribution in [-0.2, 0) is 10.0 Å². The summed E-state index contributed by atoms with van der Waals surface area (Å²) in [6.45, 7) is 3.47. The zero-order valence-corrected chi connectivity index (χ0v) is 11.8. The van der Waals surface area contributed by atoms with Gasteiger partial charge in [0.05, 0.1) is 4.90 Å². The van der Waals surface area contributed by atoms with Gasteiger partial charge in [0.1, 0.15) is 5.76 Å². The van der Waals surface area contributed by atoms with Crippen molar-refractivity contribution in [1.29, 1.82) is 0 Å². The number of carbonyl (C=O) groups excluding carboxylic acids is 1. The Morgan fingerprint density at radius 1 is 1.20 bits per heavy atom. The summed E-state index contributed by atoms with van der Waals surface area (Å²) in [6.07, 6.45) is 0. The predicted octanol–water partition coefficient (Wildman–Crippen LogP) is 1.80. The van der Waals surface area contributed by atoms with Gasteiger partial charge in [0.15, 0.2) is 5.76 Å². The van der Waals surface area contributed by atoms with E-state index in [-0.39, 0.29) is 10.7 Å². The average molecular weight is 294 g/mol. The van der Waals surface area contributed by atoms with Crippen LogP contribution in [0.3, 0.4) is 0 Å². The lowest BCUT2D eigenvalue weighted by atomic mass is 10.2. The zero-order valence-electron chi connectivity index (χ0n) is 11.0. The molecule has 0 aliphatic carbocycles. The second-order valence-electron chi connectivity index (χ2n) is 4.39. The van der Waals surface area contributed by atoms with E-state index in [4.69, 9.17) is 9.56 Å². The Labute approximate surface area is 116 Å². The second kappa shape index (κ2) is 5.10. The molecule has 2 rings (SSSR count). The maximum Gasteiger partial charge on any atom is 0.291 e. The molecule has 2 aromatic rings. The molecule has 0 atom stereocenters. The molecule has 7 heteroatoms. The van der Waals surface area contributed by atoms with Crippen molar-refractivity contribution in [2.75, 3.05) is 5.32 Å². The highest BCUT2D eigenvalue weighted by molar-refractivity contribution is 7.89. The first-order valence-corrected chi connectivity index (χ1v) is 7.33. The summed E-state index contributed by atoms with van der Waals surface area (Å²) in [5, 5.41) is 7.66. The highest BCUT2D eigenvalue weighted by Gasteiger charge is 2.14. The summed E-state index contributed by atoms with van der Waals surface area (Å²) < 4.78 is 27.8. The fourth-order valence-corrected chi connectivity index (χ4v) is 2.19. The summed E-state index contributed by atoms with van der Waals surface area (Å²) in [6, 6.07) is 7.49. The molecule has 0 bridgehead atoms. The van der Waals surface area contributed by atoms with E-state index >= 15 is 0 Å². The molecule has 1 amide bonds. The van der Waals surface area contributed by atoms with Gasteiger partial charge in [-0.25, -0.2) is 13.6 Å². The Balaban J connectivity index is 2.31. The molecule has 0 radical (unpaired) electrons. The molecule has 0 fully saturated rings. The number of anilines is 1. The maximum atomic E-state index is 12.0. The number of rotatable bonds is 3. The Bertz CT molecular complexity index is 762. The number of carbonyl (C=O) groups is 1. The smallest absolute Gasteiger partial charge is 0.291 e. The van der Waals surface area contributed by atoms with Gasteiger partial charge >= 0.3 is 0 Å². The van der Waals surface area contributed by atoms with Gasteiger partial charge in [-0.3, -0.25) is 4.79 Å². The van der Waals surface area contributed by atoms with Crippen molar-refractivity contribution in [2.24, 2.45) is 5.14 Å². The lowest BCUT2D eigenvalue weighted by Crippen LogP contribution is -2.15. The first kappa shape index (κ1) is 14.3. The first-order chi connectivity index (χ1) is 9.27. The lowest BCUT2D eigenvalue weighted by Gasteiger charge is -2.08. The number of hydrogen-bond acceptors (Lipinski definition) is 4. The molecule has 6 nitrogen and oxygen atoms in total. The van der Waals surface area contributed by atoms with Crippen LogP contribution in [0.25, 0.3) is 0 Å². The van der Waals surface area contributed by atoms with Gasteiger partial charge in [0.2, 0.25) is 10.0 Å². The van der Waals surface area contributed by atoms with E-state index < -0.39 is 15.9 Å². The highest BCUT2D eigenvalue weighted by Crippen LogP contribution is 2.20. The van der Waals surface area contributed by atoms with Crippen LogP contribution < -0.4 is 10.5 Å². The molecule has 106 valence electrons. The maximum absolute atomic E-state index is 12.0. The van der Waals surface area contributed by atoms with Crippen LogP contribution in [0.4, 0.5) is 5.69 Å². The minimum Gasteiger partial charge on any atom is -0.456 e. The van der Waals surface area contributed by atoms with E-state index in [2.05, 4.69) is 5.32 Å². The van der Waals surface area contributed by atoms with Crippen molar-refractivity contribution in [2.45, 2.75) is 18.7 Å². The minimum atomic E-state index is -3.81. The van der Waals surface area contributed by atoms with Crippen molar-refractivity contribution >= 4 is 21.6 Å². The molecular formula is C13H14N2O4S. The van der Waals surface area contributed by atoms with Crippen LogP contribution in [0.15, 0.2) is 39.6 Å². The molecule has 0 spiro atoms.